The van der Waals surface area contributed by atoms with Gasteiger partial charge in [-0.05, 0) is 79.9 Å². The van der Waals surface area contributed by atoms with Gasteiger partial charge in [0.25, 0.3) is 10.0 Å². The highest BCUT2D eigenvalue weighted by Gasteiger charge is 2.34. The van der Waals surface area contributed by atoms with Crippen LogP contribution in [0.2, 0.25) is 10.0 Å². The molecule has 0 unspecified atom stereocenters. The maximum Gasteiger partial charge on any atom is 0.264 e. The highest BCUT2D eigenvalue weighted by atomic mass is 35.5. The number of nitrogens with zero attached hydrogens (tertiary/aromatic N) is 2. The topological polar surface area (TPSA) is 96.0 Å². The molecule has 0 aliphatic heterocycles. The lowest BCUT2D eigenvalue weighted by atomic mass is 10.1. The number of carbonyl (C=O) groups is 2. The first-order valence-electron chi connectivity index (χ1n) is 13.3. The molecule has 0 aliphatic rings. The van der Waals surface area contributed by atoms with Crippen LogP contribution in [0.3, 0.4) is 0 Å². The number of hydrogen-bond acceptors (Lipinski definition) is 5. The standard InChI is InChI=1S/C30H35Cl2N3O5S/c1-5-21(3)33-30(37)28(6-2)34(19-22-10-12-23(31)13-11-22)29(36)20-35(25-9-7-8-24(32)18-25)41(38,39)27-16-14-26(40-4)15-17-27/h7-18,21,28H,5-6,19-20H2,1-4H3,(H,33,37)/t21-,28-/m1/s1. The quantitative estimate of drug-likeness (QED) is 0.256. The number of sulfonamides is 1. The number of carbonyl (C=O) groups excluding carboxylic acids is 2. The fourth-order valence-corrected chi connectivity index (χ4v) is 5.90. The van der Waals surface area contributed by atoms with Gasteiger partial charge in [-0.15, -0.1) is 0 Å². The second kappa shape index (κ2) is 14.6. The van der Waals surface area contributed by atoms with Gasteiger partial charge in [-0.1, -0.05) is 55.2 Å². The van der Waals surface area contributed by atoms with Gasteiger partial charge in [0, 0.05) is 22.6 Å². The zero-order valence-corrected chi connectivity index (χ0v) is 25.8. The van der Waals surface area contributed by atoms with Crippen LogP contribution < -0.4 is 14.4 Å². The third-order valence-electron chi connectivity index (χ3n) is 6.68. The zero-order chi connectivity index (χ0) is 30.2. The molecule has 41 heavy (non-hydrogen) atoms. The van der Waals surface area contributed by atoms with E-state index in [4.69, 9.17) is 27.9 Å². The van der Waals surface area contributed by atoms with E-state index in [1.807, 2.05) is 20.8 Å². The highest BCUT2D eigenvalue weighted by molar-refractivity contribution is 7.92. The van der Waals surface area contributed by atoms with Crippen LogP contribution in [0.4, 0.5) is 5.69 Å². The van der Waals surface area contributed by atoms with Crippen molar-refractivity contribution in [3.05, 3.63) is 88.4 Å². The molecular weight excluding hydrogens is 585 g/mol. The summed E-state index contributed by atoms with van der Waals surface area (Å²) in [7, 11) is -2.74. The summed E-state index contributed by atoms with van der Waals surface area (Å²) in [5.41, 5.74) is 0.954. The Hall–Kier alpha value is -3.27. The number of anilines is 1. The first kappa shape index (κ1) is 32.2. The van der Waals surface area contributed by atoms with Crippen molar-refractivity contribution < 1.29 is 22.7 Å². The van der Waals surface area contributed by atoms with Crippen molar-refractivity contribution in [2.24, 2.45) is 0 Å². The molecule has 0 bridgehead atoms. The third kappa shape index (κ3) is 8.38. The van der Waals surface area contributed by atoms with Crippen LogP contribution >= 0.6 is 23.2 Å². The van der Waals surface area contributed by atoms with Crippen molar-refractivity contribution in [1.29, 1.82) is 0 Å². The number of rotatable bonds is 13. The van der Waals surface area contributed by atoms with Gasteiger partial charge in [0.05, 0.1) is 17.7 Å². The van der Waals surface area contributed by atoms with E-state index in [1.54, 1.807) is 42.5 Å². The Labute approximate surface area is 252 Å². The number of hydrogen-bond donors (Lipinski definition) is 1. The molecule has 2 atom stereocenters. The number of ether oxygens (including phenoxy) is 1. The van der Waals surface area contributed by atoms with E-state index in [9.17, 15) is 18.0 Å². The Morgan fingerprint density at radius 3 is 2.15 bits per heavy atom. The Morgan fingerprint density at radius 1 is 0.927 bits per heavy atom. The van der Waals surface area contributed by atoms with Gasteiger partial charge < -0.3 is 15.0 Å². The number of amides is 2. The maximum atomic E-state index is 14.1. The molecular formula is C30H35Cl2N3O5S. The summed E-state index contributed by atoms with van der Waals surface area (Å²) in [6.45, 7) is 5.17. The van der Waals surface area contributed by atoms with Crippen LogP contribution in [-0.4, -0.2) is 50.9 Å². The Kier molecular flexibility index (Phi) is 11.5. The van der Waals surface area contributed by atoms with Crippen LogP contribution in [0.5, 0.6) is 5.75 Å². The van der Waals surface area contributed by atoms with Gasteiger partial charge in [-0.3, -0.25) is 13.9 Å². The van der Waals surface area contributed by atoms with E-state index in [0.29, 0.717) is 22.2 Å². The van der Waals surface area contributed by atoms with Crippen molar-refractivity contribution in [2.45, 2.75) is 57.1 Å². The fourth-order valence-electron chi connectivity index (χ4n) is 4.18. The van der Waals surface area contributed by atoms with E-state index in [1.165, 1.54) is 42.3 Å². The lowest BCUT2D eigenvalue weighted by Crippen LogP contribution is -2.53. The molecule has 0 saturated heterocycles. The molecule has 1 N–H and O–H groups in total. The van der Waals surface area contributed by atoms with Crippen molar-refractivity contribution in [2.75, 3.05) is 18.0 Å². The molecule has 11 heteroatoms. The average molecular weight is 621 g/mol. The first-order chi connectivity index (χ1) is 19.5. The summed E-state index contributed by atoms with van der Waals surface area (Å²) in [6, 6.07) is 18.2. The lowest BCUT2D eigenvalue weighted by molar-refractivity contribution is -0.140. The van der Waals surface area contributed by atoms with Crippen molar-refractivity contribution in [3.8, 4) is 5.75 Å². The Balaban J connectivity index is 2.06. The van der Waals surface area contributed by atoms with Gasteiger partial charge in [-0.2, -0.15) is 0 Å². The maximum absolute atomic E-state index is 14.1. The second-order valence-electron chi connectivity index (χ2n) is 9.56. The van der Waals surface area contributed by atoms with E-state index >= 15 is 0 Å². The summed E-state index contributed by atoms with van der Waals surface area (Å²) >= 11 is 12.3. The molecule has 0 spiro atoms. The molecule has 2 amide bonds. The largest absolute Gasteiger partial charge is 0.497 e. The molecule has 3 aromatic carbocycles. The lowest BCUT2D eigenvalue weighted by Gasteiger charge is -2.33. The van der Waals surface area contributed by atoms with Crippen molar-refractivity contribution in [3.63, 3.8) is 0 Å². The van der Waals surface area contributed by atoms with Gasteiger partial charge in [0.15, 0.2) is 0 Å². The minimum atomic E-state index is -4.22. The van der Waals surface area contributed by atoms with E-state index < -0.39 is 28.5 Å². The molecule has 220 valence electrons. The Morgan fingerprint density at radius 2 is 1.59 bits per heavy atom. The van der Waals surface area contributed by atoms with E-state index in [-0.39, 0.29) is 29.1 Å². The fraction of sp³-hybridized carbons (Fsp3) is 0.333. The third-order valence-corrected chi connectivity index (χ3v) is 8.95. The average Bonchev–Trinajstić information content (AvgIpc) is 2.96. The second-order valence-corrected chi connectivity index (χ2v) is 12.3. The molecule has 8 nitrogen and oxygen atoms in total. The monoisotopic (exact) mass is 619 g/mol. The van der Waals surface area contributed by atoms with Gasteiger partial charge in [0.1, 0.15) is 18.3 Å². The number of nitrogens with one attached hydrogen (secondary N) is 1. The number of methoxy groups -OCH3 is 1. The van der Waals surface area contributed by atoms with Gasteiger partial charge in [0.2, 0.25) is 11.8 Å². The molecule has 3 aromatic rings. The molecule has 0 fully saturated rings. The normalized spacial score (nSPS) is 12.7. The SMILES string of the molecule is CC[C@@H](C)NC(=O)[C@@H](CC)N(Cc1ccc(Cl)cc1)C(=O)CN(c1cccc(Cl)c1)S(=O)(=O)c1ccc(OC)cc1. The van der Waals surface area contributed by atoms with Crippen LogP contribution in [0.15, 0.2) is 77.7 Å². The predicted octanol–water partition coefficient (Wildman–Crippen LogP) is 5.92. The van der Waals surface area contributed by atoms with Crippen molar-refractivity contribution in [1.82, 2.24) is 10.2 Å². The Bertz CT molecular complexity index is 1430. The smallest absolute Gasteiger partial charge is 0.264 e. The molecule has 0 saturated carbocycles. The predicted molar refractivity (Wildman–Crippen MR) is 163 cm³/mol. The molecule has 0 aliphatic carbocycles. The number of benzene rings is 3. The summed E-state index contributed by atoms with van der Waals surface area (Å²) in [6.07, 6.45) is 1.04. The van der Waals surface area contributed by atoms with E-state index in [0.717, 1.165) is 16.3 Å². The summed E-state index contributed by atoms with van der Waals surface area (Å²) in [5, 5.41) is 3.80. The van der Waals surface area contributed by atoms with Crippen LogP contribution in [0.25, 0.3) is 0 Å². The van der Waals surface area contributed by atoms with E-state index in [2.05, 4.69) is 5.32 Å². The first-order valence-corrected chi connectivity index (χ1v) is 15.5. The minimum Gasteiger partial charge on any atom is -0.497 e. The van der Waals surface area contributed by atoms with Gasteiger partial charge in [-0.25, -0.2) is 8.42 Å². The minimum absolute atomic E-state index is 0.0307. The van der Waals surface area contributed by atoms with Crippen molar-refractivity contribution >= 4 is 50.7 Å². The van der Waals surface area contributed by atoms with Crippen LogP contribution in [0, 0.1) is 0 Å². The highest BCUT2D eigenvalue weighted by Crippen LogP contribution is 2.28. The molecule has 3 rings (SSSR count). The summed E-state index contributed by atoms with van der Waals surface area (Å²) < 4.78 is 34.0. The molecule has 0 aromatic heterocycles. The molecule has 0 heterocycles. The van der Waals surface area contributed by atoms with Gasteiger partial charge >= 0.3 is 0 Å². The zero-order valence-electron chi connectivity index (χ0n) is 23.5. The molecule has 0 radical (unpaired) electrons. The summed E-state index contributed by atoms with van der Waals surface area (Å²) in [5.74, 6) is -0.374. The van der Waals surface area contributed by atoms with Crippen LogP contribution in [-0.2, 0) is 26.2 Å². The summed E-state index contributed by atoms with van der Waals surface area (Å²) in [4.78, 5) is 28.8. The number of halogens is 2. The van der Waals surface area contributed by atoms with Crippen LogP contribution in [0.1, 0.15) is 39.2 Å².